The highest BCUT2D eigenvalue weighted by atomic mass is 16.5. The van der Waals surface area contributed by atoms with Gasteiger partial charge < -0.3 is 19.5 Å². The lowest BCUT2D eigenvalue weighted by Crippen LogP contribution is -3.10. The molecule has 2 heterocycles. The summed E-state index contributed by atoms with van der Waals surface area (Å²) in [4.78, 5) is 25.9. The minimum absolute atomic E-state index is 0.168. The summed E-state index contributed by atoms with van der Waals surface area (Å²) < 4.78 is 10.7. The molecule has 6 nitrogen and oxygen atoms in total. The number of benzene rings is 2. The number of nitrogens with one attached hydrogen (secondary N) is 1. The first kappa shape index (κ1) is 20.2. The second kappa shape index (κ2) is 8.71. The van der Waals surface area contributed by atoms with Crippen LogP contribution in [0.1, 0.15) is 57.5 Å². The first-order valence-corrected chi connectivity index (χ1v) is 10.4. The van der Waals surface area contributed by atoms with Crippen molar-refractivity contribution in [2.75, 3.05) is 20.2 Å². The van der Waals surface area contributed by atoms with Crippen molar-refractivity contribution >= 4 is 17.8 Å². The van der Waals surface area contributed by atoms with Gasteiger partial charge in [0.2, 0.25) is 5.78 Å². The quantitative estimate of drug-likeness (QED) is 0.601. The SMILES string of the molecule is COC(=O)c1ccc(/C=C2\Oc3c(ccc(O)c3C[NH+]3CCCCCC3)C2=O)cc1. The number of Topliss-reactive ketones (excluding diaryl/α,β-unsaturated/α-hetero) is 1. The molecule has 2 aromatic rings. The van der Waals surface area contributed by atoms with Crippen LogP contribution in [-0.4, -0.2) is 37.1 Å². The number of hydrogen-bond acceptors (Lipinski definition) is 5. The Bertz CT molecular complexity index is 985. The Balaban J connectivity index is 1.59. The Morgan fingerprint density at radius 3 is 2.47 bits per heavy atom. The van der Waals surface area contributed by atoms with Gasteiger partial charge in [-0.2, -0.15) is 0 Å². The molecular formula is C24H26NO5+. The minimum Gasteiger partial charge on any atom is -0.507 e. The molecule has 1 fully saturated rings. The van der Waals surface area contributed by atoms with Gasteiger partial charge in [-0.05, 0) is 61.6 Å². The van der Waals surface area contributed by atoms with Crippen LogP contribution in [0.4, 0.5) is 0 Å². The van der Waals surface area contributed by atoms with Gasteiger partial charge >= 0.3 is 5.97 Å². The zero-order valence-corrected chi connectivity index (χ0v) is 17.1. The Kier molecular flexibility index (Phi) is 5.86. The maximum absolute atomic E-state index is 12.9. The predicted octanol–water partition coefficient (Wildman–Crippen LogP) is 2.75. The topological polar surface area (TPSA) is 77.3 Å². The van der Waals surface area contributed by atoms with Crippen molar-refractivity contribution in [3.8, 4) is 11.5 Å². The fraction of sp³-hybridized carbons (Fsp3) is 0.333. The van der Waals surface area contributed by atoms with Crippen molar-refractivity contribution < 1.29 is 29.1 Å². The summed E-state index contributed by atoms with van der Waals surface area (Å²) in [7, 11) is 1.33. The molecular weight excluding hydrogens is 382 g/mol. The predicted molar refractivity (Wildman–Crippen MR) is 112 cm³/mol. The number of phenolic OH excluding ortho intramolecular Hbond substituents is 1. The third kappa shape index (κ3) is 4.09. The van der Waals surface area contributed by atoms with Gasteiger partial charge in [0.05, 0.1) is 36.9 Å². The molecule has 2 aliphatic heterocycles. The van der Waals surface area contributed by atoms with Crippen molar-refractivity contribution in [1.29, 1.82) is 0 Å². The third-order valence-corrected chi connectivity index (χ3v) is 5.78. The molecule has 0 amide bonds. The van der Waals surface area contributed by atoms with Crippen LogP contribution >= 0.6 is 0 Å². The second-order valence-electron chi connectivity index (χ2n) is 7.83. The molecule has 0 aromatic heterocycles. The van der Waals surface area contributed by atoms with E-state index in [9.17, 15) is 14.7 Å². The standard InChI is InChI=1S/C24H25NO5/c1-29-24(28)17-8-6-16(7-9-17)14-21-22(27)18-10-11-20(26)19(23(18)30-21)15-25-12-4-2-3-5-13-25/h6-11,14,26H,2-5,12-13,15H2,1H3/p+1/b21-14-. The van der Waals surface area contributed by atoms with Gasteiger partial charge in [-0.25, -0.2) is 4.79 Å². The lowest BCUT2D eigenvalue weighted by Gasteiger charge is -2.18. The van der Waals surface area contributed by atoms with Crippen LogP contribution in [0.3, 0.4) is 0 Å². The molecule has 30 heavy (non-hydrogen) atoms. The highest BCUT2D eigenvalue weighted by Crippen LogP contribution is 2.39. The van der Waals surface area contributed by atoms with Gasteiger partial charge in [-0.1, -0.05) is 12.1 Å². The molecule has 4 rings (SSSR count). The Labute approximate surface area is 175 Å². The number of quaternary nitrogens is 1. The van der Waals surface area contributed by atoms with Crippen molar-refractivity contribution in [1.82, 2.24) is 0 Å². The molecule has 2 N–H and O–H groups in total. The number of carbonyl (C=O) groups is 2. The Hall–Kier alpha value is -3.12. The van der Waals surface area contributed by atoms with E-state index in [4.69, 9.17) is 9.47 Å². The number of phenols is 1. The summed E-state index contributed by atoms with van der Waals surface area (Å²) in [6.45, 7) is 2.77. The van der Waals surface area contributed by atoms with Crippen molar-refractivity contribution in [3.63, 3.8) is 0 Å². The first-order valence-electron chi connectivity index (χ1n) is 10.4. The van der Waals surface area contributed by atoms with E-state index in [1.165, 1.54) is 37.7 Å². The van der Waals surface area contributed by atoms with E-state index in [1.54, 1.807) is 42.5 Å². The van der Waals surface area contributed by atoms with Crippen molar-refractivity contribution in [3.05, 3.63) is 64.4 Å². The second-order valence-corrected chi connectivity index (χ2v) is 7.83. The molecule has 1 saturated heterocycles. The monoisotopic (exact) mass is 408 g/mol. The van der Waals surface area contributed by atoms with Crippen molar-refractivity contribution in [2.24, 2.45) is 0 Å². The van der Waals surface area contributed by atoms with E-state index in [-0.39, 0.29) is 17.3 Å². The molecule has 2 aromatic carbocycles. The zero-order chi connectivity index (χ0) is 21.1. The summed E-state index contributed by atoms with van der Waals surface area (Å²) in [5.41, 5.74) is 2.36. The molecule has 156 valence electrons. The van der Waals surface area contributed by atoms with Gasteiger partial charge in [0, 0.05) is 0 Å². The maximum atomic E-state index is 12.9. The number of carbonyl (C=O) groups excluding carboxylic acids is 2. The maximum Gasteiger partial charge on any atom is 0.337 e. The van der Waals surface area contributed by atoms with E-state index < -0.39 is 5.97 Å². The van der Waals surface area contributed by atoms with Gasteiger partial charge in [0.15, 0.2) is 11.5 Å². The lowest BCUT2D eigenvalue weighted by molar-refractivity contribution is -0.913. The van der Waals surface area contributed by atoms with E-state index in [0.29, 0.717) is 29.0 Å². The number of esters is 1. The molecule has 0 bridgehead atoms. The number of likely N-dealkylation sites (tertiary alicyclic amines) is 1. The van der Waals surface area contributed by atoms with Gasteiger partial charge in [-0.3, -0.25) is 4.79 Å². The van der Waals surface area contributed by atoms with Crippen LogP contribution < -0.4 is 9.64 Å². The summed E-state index contributed by atoms with van der Waals surface area (Å²) >= 11 is 0. The van der Waals surface area contributed by atoms with Crippen LogP contribution in [0.2, 0.25) is 0 Å². The molecule has 0 radical (unpaired) electrons. The van der Waals surface area contributed by atoms with Gasteiger partial charge in [-0.15, -0.1) is 0 Å². The number of aromatic hydroxyl groups is 1. The number of fused-ring (bicyclic) bond motifs is 1. The molecule has 0 atom stereocenters. The number of rotatable bonds is 4. The number of methoxy groups -OCH3 is 1. The summed E-state index contributed by atoms with van der Waals surface area (Å²) in [5, 5.41) is 10.5. The normalized spacial score (nSPS) is 18.0. The Morgan fingerprint density at radius 2 is 1.80 bits per heavy atom. The fourth-order valence-corrected chi connectivity index (χ4v) is 4.11. The summed E-state index contributed by atoms with van der Waals surface area (Å²) in [6.07, 6.45) is 6.51. The Morgan fingerprint density at radius 1 is 1.10 bits per heavy atom. The largest absolute Gasteiger partial charge is 0.507 e. The van der Waals surface area contributed by atoms with E-state index in [2.05, 4.69) is 0 Å². The van der Waals surface area contributed by atoms with Crippen molar-refractivity contribution in [2.45, 2.75) is 32.2 Å². The molecule has 0 saturated carbocycles. The highest BCUT2D eigenvalue weighted by Gasteiger charge is 2.32. The highest BCUT2D eigenvalue weighted by molar-refractivity contribution is 6.15. The number of ether oxygens (including phenoxy) is 2. The zero-order valence-electron chi connectivity index (χ0n) is 17.1. The van der Waals surface area contributed by atoms with Crippen LogP contribution in [0.25, 0.3) is 6.08 Å². The number of hydrogen-bond donors (Lipinski definition) is 2. The first-order chi connectivity index (χ1) is 14.6. The fourth-order valence-electron chi connectivity index (χ4n) is 4.11. The average Bonchev–Trinajstić information content (AvgIpc) is 2.92. The van der Waals surface area contributed by atoms with E-state index in [1.807, 2.05) is 0 Å². The van der Waals surface area contributed by atoms with Crippen LogP contribution in [0.5, 0.6) is 11.5 Å². The summed E-state index contributed by atoms with van der Waals surface area (Å²) in [6, 6.07) is 9.96. The van der Waals surface area contributed by atoms with Crippen LogP contribution in [0.15, 0.2) is 42.2 Å². The third-order valence-electron chi connectivity index (χ3n) is 5.78. The van der Waals surface area contributed by atoms with Crippen LogP contribution in [0, 0.1) is 0 Å². The van der Waals surface area contributed by atoms with E-state index >= 15 is 0 Å². The van der Waals surface area contributed by atoms with Crippen LogP contribution in [-0.2, 0) is 11.3 Å². The number of allylic oxidation sites excluding steroid dienone is 1. The summed E-state index contributed by atoms with van der Waals surface area (Å²) in [5.74, 6) is 0.241. The molecule has 6 heteroatoms. The molecule has 0 aliphatic carbocycles. The number of ketones is 1. The van der Waals surface area contributed by atoms with E-state index in [0.717, 1.165) is 18.7 Å². The molecule has 0 spiro atoms. The minimum atomic E-state index is -0.411. The van der Waals surface area contributed by atoms with Gasteiger partial charge in [0.25, 0.3) is 0 Å². The smallest absolute Gasteiger partial charge is 0.337 e. The lowest BCUT2D eigenvalue weighted by atomic mass is 10.0. The van der Waals surface area contributed by atoms with Gasteiger partial charge in [0.1, 0.15) is 12.3 Å². The molecule has 0 unspecified atom stereocenters. The average molecular weight is 408 g/mol. The molecule has 2 aliphatic rings.